The second-order valence-electron chi connectivity index (χ2n) is 5.03. The molecule has 102 valence electrons. The Balaban J connectivity index is 2.08. The van der Waals surface area contributed by atoms with Gasteiger partial charge in [-0.3, -0.25) is 4.79 Å². The van der Waals surface area contributed by atoms with Gasteiger partial charge in [0.1, 0.15) is 0 Å². The van der Waals surface area contributed by atoms with Crippen molar-refractivity contribution in [2.75, 3.05) is 13.1 Å². The molecule has 1 aliphatic rings. The van der Waals surface area contributed by atoms with Crippen LogP contribution in [-0.4, -0.2) is 35.0 Å². The van der Waals surface area contributed by atoms with Crippen LogP contribution in [0.15, 0.2) is 24.3 Å². The number of hydrogen-bond donors (Lipinski definition) is 1. The highest BCUT2D eigenvalue weighted by Crippen LogP contribution is 2.21. The number of carboxylic acid groups (broad SMARTS) is 1. The van der Waals surface area contributed by atoms with Gasteiger partial charge in [-0.25, -0.2) is 4.79 Å². The molecule has 4 nitrogen and oxygen atoms in total. The molecule has 0 aliphatic carbocycles. The maximum atomic E-state index is 12.3. The number of carboxylic acids is 1. The van der Waals surface area contributed by atoms with E-state index in [1.165, 1.54) is 12.1 Å². The van der Waals surface area contributed by atoms with Gasteiger partial charge in [-0.1, -0.05) is 19.4 Å². The van der Waals surface area contributed by atoms with Crippen LogP contribution in [0.2, 0.25) is 0 Å². The van der Waals surface area contributed by atoms with Gasteiger partial charge in [0, 0.05) is 18.7 Å². The molecule has 1 heterocycles. The van der Waals surface area contributed by atoms with E-state index in [0.29, 0.717) is 5.56 Å². The van der Waals surface area contributed by atoms with Gasteiger partial charge in [0.05, 0.1) is 5.56 Å². The number of nitrogens with zero attached hydrogens (tertiary/aromatic N) is 1. The maximum Gasteiger partial charge on any atom is 0.335 e. The quantitative estimate of drug-likeness (QED) is 0.910. The molecule has 1 aromatic carbocycles. The summed E-state index contributed by atoms with van der Waals surface area (Å²) in [5.41, 5.74) is 0.629. The van der Waals surface area contributed by atoms with Crippen LogP contribution in [0.1, 0.15) is 46.9 Å². The van der Waals surface area contributed by atoms with Crippen LogP contribution < -0.4 is 0 Å². The summed E-state index contributed by atoms with van der Waals surface area (Å²) in [5, 5.41) is 8.94. The second-order valence-corrected chi connectivity index (χ2v) is 5.03. The third kappa shape index (κ3) is 3.13. The number of likely N-dealkylation sites (tertiary alicyclic amines) is 1. The number of piperidine rings is 1. The highest BCUT2D eigenvalue weighted by molar-refractivity contribution is 5.97. The topological polar surface area (TPSA) is 57.6 Å². The van der Waals surface area contributed by atoms with Gasteiger partial charge in [0.2, 0.25) is 0 Å². The van der Waals surface area contributed by atoms with Crippen molar-refractivity contribution in [1.29, 1.82) is 0 Å². The normalized spacial score (nSPS) is 16.4. The molecule has 0 unspecified atom stereocenters. The van der Waals surface area contributed by atoms with Gasteiger partial charge in [0.25, 0.3) is 5.91 Å². The molecule has 4 heteroatoms. The summed E-state index contributed by atoms with van der Waals surface area (Å²) in [5.74, 6) is -0.341. The van der Waals surface area contributed by atoms with Crippen LogP contribution in [0, 0.1) is 5.92 Å². The van der Waals surface area contributed by atoms with E-state index in [1.807, 2.05) is 4.90 Å². The van der Waals surface area contributed by atoms with Crippen molar-refractivity contribution in [3.8, 4) is 0 Å². The highest BCUT2D eigenvalue weighted by Gasteiger charge is 2.23. The van der Waals surface area contributed by atoms with Gasteiger partial charge in [-0.2, -0.15) is 0 Å². The van der Waals surface area contributed by atoms with Crippen LogP contribution in [0.3, 0.4) is 0 Å². The fourth-order valence-electron chi connectivity index (χ4n) is 2.51. The molecule has 0 spiro atoms. The van der Waals surface area contributed by atoms with E-state index >= 15 is 0 Å². The van der Waals surface area contributed by atoms with E-state index < -0.39 is 5.97 Å². The summed E-state index contributed by atoms with van der Waals surface area (Å²) < 4.78 is 0. The lowest BCUT2D eigenvalue weighted by Crippen LogP contribution is -2.38. The van der Waals surface area contributed by atoms with Crippen LogP contribution in [0.25, 0.3) is 0 Å². The molecule has 0 aromatic heterocycles. The van der Waals surface area contributed by atoms with E-state index in [-0.39, 0.29) is 11.5 Å². The Morgan fingerprint density at radius 3 is 2.47 bits per heavy atom. The lowest BCUT2D eigenvalue weighted by Gasteiger charge is -2.31. The summed E-state index contributed by atoms with van der Waals surface area (Å²) in [7, 11) is 0. The summed E-state index contributed by atoms with van der Waals surface area (Å²) in [6.07, 6.45) is 3.25. The van der Waals surface area contributed by atoms with E-state index in [9.17, 15) is 9.59 Å². The number of benzene rings is 1. The minimum absolute atomic E-state index is 0.0577. The van der Waals surface area contributed by atoms with Crippen molar-refractivity contribution in [2.45, 2.75) is 26.2 Å². The molecule has 0 saturated carbocycles. The largest absolute Gasteiger partial charge is 0.478 e. The zero-order chi connectivity index (χ0) is 13.8. The van der Waals surface area contributed by atoms with Crippen LogP contribution in [0.4, 0.5) is 0 Å². The Morgan fingerprint density at radius 2 is 1.89 bits per heavy atom. The molecular weight excluding hydrogens is 242 g/mol. The molecular formula is C15H19NO3. The SMILES string of the molecule is CCC1CCN(C(=O)c2cccc(C(=O)O)c2)CC1. The molecule has 1 saturated heterocycles. The molecule has 0 bridgehead atoms. The van der Waals surface area contributed by atoms with Crippen molar-refractivity contribution in [3.63, 3.8) is 0 Å². The Kier molecular flexibility index (Phi) is 4.20. The van der Waals surface area contributed by atoms with Crippen molar-refractivity contribution in [2.24, 2.45) is 5.92 Å². The number of aromatic carboxylic acids is 1. The van der Waals surface area contributed by atoms with Gasteiger partial charge >= 0.3 is 5.97 Å². The number of hydrogen-bond acceptors (Lipinski definition) is 2. The number of carbonyl (C=O) groups excluding carboxylic acids is 1. The fourth-order valence-corrected chi connectivity index (χ4v) is 2.51. The minimum Gasteiger partial charge on any atom is -0.478 e. The first-order valence-corrected chi connectivity index (χ1v) is 6.74. The average molecular weight is 261 g/mol. The zero-order valence-electron chi connectivity index (χ0n) is 11.1. The molecule has 19 heavy (non-hydrogen) atoms. The van der Waals surface area contributed by atoms with Crippen molar-refractivity contribution in [3.05, 3.63) is 35.4 Å². The van der Waals surface area contributed by atoms with Gasteiger partial charge in [-0.05, 0) is 37.0 Å². The summed E-state index contributed by atoms with van der Waals surface area (Å²) in [6, 6.07) is 6.26. The minimum atomic E-state index is -1.00. The van der Waals surface area contributed by atoms with Gasteiger partial charge in [-0.15, -0.1) is 0 Å². The lowest BCUT2D eigenvalue weighted by atomic mass is 9.94. The number of rotatable bonds is 3. The smallest absolute Gasteiger partial charge is 0.335 e. The second kappa shape index (κ2) is 5.87. The first kappa shape index (κ1) is 13.6. The first-order valence-electron chi connectivity index (χ1n) is 6.74. The molecule has 1 fully saturated rings. The predicted molar refractivity (Wildman–Crippen MR) is 72.3 cm³/mol. The third-order valence-corrected chi connectivity index (χ3v) is 3.84. The third-order valence-electron chi connectivity index (χ3n) is 3.84. The predicted octanol–water partition coefficient (Wildman–Crippen LogP) is 2.65. The standard InChI is InChI=1S/C15H19NO3/c1-2-11-6-8-16(9-7-11)14(17)12-4-3-5-13(10-12)15(18)19/h3-5,10-11H,2,6-9H2,1H3,(H,18,19). The fraction of sp³-hybridized carbons (Fsp3) is 0.467. The highest BCUT2D eigenvalue weighted by atomic mass is 16.4. The molecule has 1 amide bonds. The van der Waals surface area contributed by atoms with Crippen molar-refractivity contribution < 1.29 is 14.7 Å². The van der Waals surface area contributed by atoms with E-state index in [1.54, 1.807) is 12.1 Å². The molecule has 1 aromatic rings. The van der Waals surface area contributed by atoms with Gasteiger partial charge < -0.3 is 10.0 Å². The monoisotopic (exact) mass is 261 g/mol. The van der Waals surface area contributed by atoms with E-state index in [2.05, 4.69) is 6.92 Å². The van der Waals surface area contributed by atoms with Crippen LogP contribution in [0.5, 0.6) is 0 Å². The Morgan fingerprint density at radius 1 is 1.26 bits per heavy atom. The Labute approximate surface area is 113 Å². The molecule has 2 rings (SSSR count). The van der Waals surface area contributed by atoms with E-state index in [0.717, 1.165) is 38.3 Å². The molecule has 0 radical (unpaired) electrons. The maximum absolute atomic E-state index is 12.3. The van der Waals surface area contributed by atoms with Crippen LogP contribution >= 0.6 is 0 Å². The van der Waals surface area contributed by atoms with Gasteiger partial charge in [0.15, 0.2) is 0 Å². The lowest BCUT2D eigenvalue weighted by molar-refractivity contribution is 0.0689. The summed E-state index contributed by atoms with van der Waals surface area (Å²) in [6.45, 7) is 3.72. The number of carbonyl (C=O) groups is 2. The molecule has 1 N–H and O–H groups in total. The van der Waals surface area contributed by atoms with Crippen molar-refractivity contribution in [1.82, 2.24) is 4.90 Å². The Hall–Kier alpha value is -1.84. The van der Waals surface area contributed by atoms with Crippen molar-refractivity contribution >= 4 is 11.9 Å². The molecule has 0 atom stereocenters. The number of amides is 1. The Bertz CT molecular complexity index is 476. The first-order chi connectivity index (χ1) is 9.11. The summed E-state index contributed by atoms with van der Waals surface area (Å²) >= 11 is 0. The average Bonchev–Trinajstić information content (AvgIpc) is 2.46. The summed E-state index contributed by atoms with van der Waals surface area (Å²) in [4.78, 5) is 25.0. The van der Waals surface area contributed by atoms with Crippen LogP contribution in [-0.2, 0) is 0 Å². The zero-order valence-corrected chi connectivity index (χ0v) is 11.1. The molecule has 1 aliphatic heterocycles. The van der Waals surface area contributed by atoms with E-state index in [4.69, 9.17) is 5.11 Å².